The van der Waals surface area contributed by atoms with Crippen LogP contribution in [-0.4, -0.2) is 54.5 Å². The van der Waals surface area contributed by atoms with E-state index in [0.29, 0.717) is 0 Å². The molecule has 148 valence electrons. The van der Waals surface area contributed by atoms with Gasteiger partial charge in [-0.1, -0.05) is 30.3 Å². The van der Waals surface area contributed by atoms with Gasteiger partial charge in [-0.3, -0.25) is 14.7 Å². The number of likely N-dealkylation sites (tertiary alicyclic amines) is 2. The highest BCUT2D eigenvalue weighted by atomic mass is 16.5. The fourth-order valence-corrected chi connectivity index (χ4v) is 4.82. The number of aromatic nitrogens is 1. The number of rotatable bonds is 4. The zero-order valence-corrected chi connectivity index (χ0v) is 16.8. The second-order valence-electron chi connectivity index (χ2n) is 8.32. The number of piperidine rings is 2. The molecule has 2 aliphatic rings. The molecule has 1 aromatic heterocycles. The van der Waals surface area contributed by atoms with E-state index < -0.39 is 0 Å². The third kappa shape index (κ3) is 3.90. The molecule has 0 bridgehead atoms. The topological polar surface area (TPSA) is 45.7 Å². The highest BCUT2D eigenvalue weighted by Crippen LogP contribution is 2.45. The van der Waals surface area contributed by atoms with E-state index in [1.807, 2.05) is 48.5 Å². The summed E-state index contributed by atoms with van der Waals surface area (Å²) in [7, 11) is 3.65. The van der Waals surface area contributed by atoms with Gasteiger partial charge in [-0.05, 0) is 49.4 Å². The first-order valence-corrected chi connectivity index (χ1v) is 10.1. The van der Waals surface area contributed by atoms with Crippen LogP contribution in [0.15, 0.2) is 48.7 Å². The molecule has 0 unspecified atom stereocenters. The maximum absolute atomic E-state index is 12.8. The monoisotopic (exact) mass is 379 g/mol. The summed E-state index contributed by atoms with van der Waals surface area (Å²) in [6.45, 7) is 3.81. The summed E-state index contributed by atoms with van der Waals surface area (Å²) in [6, 6.07) is 14.2. The molecule has 0 saturated carbocycles. The molecule has 1 atom stereocenters. The first-order chi connectivity index (χ1) is 13.6. The van der Waals surface area contributed by atoms with Gasteiger partial charge in [-0.25, -0.2) is 0 Å². The number of amides is 1. The number of methoxy groups -OCH3 is 1. The fourth-order valence-electron chi connectivity index (χ4n) is 4.82. The van der Waals surface area contributed by atoms with Crippen molar-refractivity contribution >= 4 is 5.91 Å². The Hall–Kier alpha value is -2.40. The van der Waals surface area contributed by atoms with Crippen LogP contribution in [0.2, 0.25) is 0 Å². The van der Waals surface area contributed by atoms with Crippen LogP contribution in [0.1, 0.15) is 36.4 Å². The summed E-state index contributed by atoms with van der Waals surface area (Å²) in [6.07, 6.45) is 5.02. The third-order valence-electron chi connectivity index (χ3n) is 6.41. The molecule has 1 amide bonds. The molecule has 4 rings (SSSR count). The Morgan fingerprint density at radius 2 is 1.93 bits per heavy atom. The number of ether oxygens (including phenoxy) is 1. The molecule has 1 aromatic carbocycles. The number of pyridine rings is 1. The summed E-state index contributed by atoms with van der Waals surface area (Å²) in [4.78, 5) is 21.7. The van der Waals surface area contributed by atoms with Gasteiger partial charge in [-0.2, -0.15) is 0 Å². The van der Waals surface area contributed by atoms with E-state index in [-0.39, 0.29) is 17.2 Å². The quantitative estimate of drug-likeness (QED) is 0.818. The molecule has 5 nitrogen and oxygen atoms in total. The second-order valence-corrected chi connectivity index (χ2v) is 8.32. The van der Waals surface area contributed by atoms with Gasteiger partial charge < -0.3 is 9.64 Å². The lowest BCUT2D eigenvalue weighted by molar-refractivity contribution is -0.139. The van der Waals surface area contributed by atoms with Gasteiger partial charge >= 0.3 is 0 Å². The number of carbonyl (C=O) groups excluding carboxylic acids is 1. The molecule has 0 N–H and O–H groups in total. The van der Waals surface area contributed by atoms with Crippen molar-refractivity contribution in [3.05, 3.63) is 59.9 Å². The Morgan fingerprint density at radius 3 is 2.64 bits per heavy atom. The van der Waals surface area contributed by atoms with Crippen LogP contribution in [0.5, 0.6) is 5.75 Å². The number of likely N-dealkylation sites (N-methyl/N-ethyl adjacent to an activating group) is 1. The maximum atomic E-state index is 12.8. The van der Waals surface area contributed by atoms with Gasteiger partial charge in [0.2, 0.25) is 5.91 Å². The molecule has 5 heteroatoms. The first-order valence-electron chi connectivity index (χ1n) is 10.1. The molecule has 0 aliphatic carbocycles. The van der Waals surface area contributed by atoms with Crippen molar-refractivity contribution < 1.29 is 9.53 Å². The van der Waals surface area contributed by atoms with Crippen molar-refractivity contribution in [2.75, 3.05) is 33.8 Å². The van der Waals surface area contributed by atoms with Crippen LogP contribution < -0.4 is 4.74 Å². The standard InChI is InChI=1S/C23H29N3O2/c1-25-17-23(15-21(22(25)27)18-6-4-3-5-7-18)9-12-26(13-10-23)16-19-14-20(28-2)8-11-24-19/h3-8,11,14,21H,9-10,12-13,15-17H2,1-2H3/t21-/m1/s1. The Bertz CT molecular complexity index is 816. The van der Waals surface area contributed by atoms with Gasteiger partial charge in [0.15, 0.2) is 0 Å². The second kappa shape index (κ2) is 7.92. The minimum Gasteiger partial charge on any atom is -0.497 e. The van der Waals surface area contributed by atoms with Crippen molar-refractivity contribution in [3.63, 3.8) is 0 Å². The Morgan fingerprint density at radius 1 is 1.18 bits per heavy atom. The molecule has 2 saturated heterocycles. The molecule has 0 radical (unpaired) electrons. The van der Waals surface area contributed by atoms with Crippen molar-refractivity contribution in [2.24, 2.45) is 5.41 Å². The van der Waals surface area contributed by atoms with Crippen LogP contribution in [-0.2, 0) is 11.3 Å². The number of benzene rings is 1. The van der Waals surface area contributed by atoms with Gasteiger partial charge in [0.05, 0.1) is 18.7 Å². The SMILES string of the molecule is COc1ccnc(CN2CCC3(CC2)C[C@H](c2ccccc2)C(=O)N(C)C3)c1. The van der Waals surface area contributed by atoms with Gasteiger partial charge in [-0.15, -0.1) is 0 Å². The smallest absolute Gasteiger partial charge is 0.229 e. The lowest BCUT2D eigenvalue weighted by atomic mass is 9.67. The van der Waals surface area contributed by atoms with E-state index in [4.69, 9.17) is 4.74 Å². The molecular formula is C23H29N3O2. The normalized spacial score (nSPS) is 22.4. The van der Waals surface area contributed by atoms with Crippen LogP contribution >= 0.6 is 0 Å². The molecule has 28 heavy (non-hydrogen) atoms. The zero-order chi connectivity index (χ0) is 19.6. The maximum Gasteiger partial charge on any atom is 0.229 e. The Kier molecular flexibility index (Phi) is 5.36. The lowest BCUT2D eigenvalue weighted by Gasteiger charge is -2.49. The van der Waals surface area contributed by atoms with Crippen molar-refractivity contribution in [1.82, 2.24) is 14.8 Å². The molecule has 2 aromatic rings. The average molecular weight is 380 g/mol. The summed E-state index contributed by atoms with van der Waals surface area (Å²) in [5.74, 6) is 1.11. The van der Waals surface area contributed by atoms with E-state index in [0.717, 1.165) is 62.4 Å². The predicted molar refractivity (Wildman–Crippen MR) is 109 cm³/mol. The third-order valence-corrected chi connectivity index (χ3v) is 6.41. The average Bonchev–Trinajstić information content (AvgIpc) is 2.73. The number of hydrogen-bond acceptors (Lipinski definition) is 4. The van der Waals surface area contributed by atoms with E-state index in [2.05, 4.69) is 22.0 Å². The molecule has 3 heterocycles. The van der Waals surface area contributed by atoms with Gasteiger partial charge in [0, 0.05) is 32.4 Å². The largest absolute Gasteiger partial charge is 0.497 e. The van der Waals surface area contributed by atoms with E-state index in [9.17, 15) is 4.79 Å². The number of carbonyl (C=O) groups is 1. The van der Waals surface area contributed by atoms with Crippen LogP contribution in [0.4, 0.5) is 0 Å². The van der Waals surface area contributed by atoms with Gasteiger partial charge in [0.1, 0.15) is 5.75 Å². The van der Waals surface area contributed by atoms with Crippen molar-refractivity contribution in [1.29, 1.82) is 0 Å². The highest BCUT2D eigenvalue weighted by Gasteiger charge is 2.44. The van der Waals surface area contributed by atoms with E-state index in [1.54, 1.807) is 7.11 Å². The first kappa shape index (κ1) is 18.9. The highest BCUT2D eigenvalue weighted by molar-refractivity contribution is 5.84. The Labute approximate surface area is 167 Å². The van der Waals surface area contributed by atoms with E-state index in [1.165, 1.54) is 0 Å². The molecule has 2 aliphatic heterocycles. The Balaban J connectivity index is 1.43. The zero-order valence-electron chi connectivity index (χ0n) is 16.8. The van der Waals surface area contributed by atoms with Crippen molar-refractivity contribution in [2.45, 2.75) is 31.7 Å². The van der Waals surface area contributed by atoms with Crippen LogP contribution in [0.25, 0.3) is 0 Å². The molecular weight excluding hydrogens is 350 g/mol. The summed E-state index contributed by atoms with van der Waals surface area (Å²) in [5.41, 5.74) is 2.43. The minimum atomic E-state index is -0.00782. The lowest BCUT2D eigenvalue weighted by Crippen LogP contribution is -2.52. The minimum absolute atomic E-state index is 0.00782. The molecule has 2 fully saturated rings. The summed E-state index contributed by atoms with van der Waals surface area (Å²) >= 11 is 0. The summed E-state index contributed by atoms with van der Waals surface area (Å²) < 4.78 is 5.31. The van der Waals surface area contributed by atoms with E-state index >= 15 is 0 Å². The summed E-state index contributed by atoms with van der Waals surface area (Å²) in [5, 5.41) is 0. The molecule has 1 spiro atoms. The van der Waals surface area contributed by atoms with Crippen LogP contribution in [0.3, 0.4) is 0 Å². The number of nitrogens with zero attached hydrogens (tertiary/aromatic N) is 3. The number of hydrogen-bond donors (Lipinski definition) is 0. The predicted octanol–water partition coefficient (Wildman–Crippen LogP) is 3.32. The van der Waals surface area contributed by atoms with Gasteiger partial charge in [0.25, 0.3) is 0 Å². The van der Waals surface area contributed by atoms with Crippen molar-refractivity contribution in [3.8, 4) is 5.75 Å². The fraction of sp³-hybridized carbons (Fsp3) is 0.478. The van der Waals surface area contributed by atoms with Crippen LogP contribution in [0, 0.1) is 5.41 Å².